The third-order valence-corrected chi connectivity index (χ3v) is 5.24. The van der Waals surface area contributed by atoms with Crippen LogP contribution >= 0.6 is 23.2 Å². The van der Waals surface area contributed by atoms with Gasteiger partial charge in [-0.25, -0.2) is 0 Å². The number of rotatable bonds is 8. The summed E-state index contributed by atoms with van der Waals surface area (Å²) in [6.45, 7) is 5.65. The second-order valence-corrected chi connectivity index (χ2v) is 7.59. The second-order valence-electron chi connectivity index (χ2n) is 6.80. The lowest BCUT2D eigenvalue weighted by Gasteiger charge is -2.10. The van der Waals surface area contributed by atoms with E-state index in [1.165, 1.54) is 0 Å². The van der Waals surface area contributed by atoms with Crippen LogP contribution < -0.4 is 10.1 Å². The Morgan fingerprint density at radius 1 is 1.14 bits per heavy atom. The van der Waals surface area contributed by atoms with Gasteiger partial charge in [0.15, 0.2) is 0 Å². The first-order valence-electron chi connectivity index (χ1n) is 9.39. The first kappa shape index (κ1) is 21.2. The van der Waals surface area contributed by atoms with Crippen molar-refractivity contribution in [3.05, 3.63) is 81.1 Å². The summed E-state index contributed by atoms with van der Waals surface area (Å²) in [5.41, 5.74) is 3.59. The van der Waals surface area contributed by atoms with E-state index in [0.717, 1.165) is 29.9 Å². The van der Waals surface area contributed by atoms with Crippen LogP contribution in [0, 0.1) is 13.8 Å². The van der Waals surface area contributed by atoms with Crippen LogP contribution in [0.3, 0.4) is 0 Å². The Kier molecular flexibility index (Phi) is 7.18. The lowest BCUT2D eigenvalue weighted by molar-refractivity contribution is 0.0952. The molecule has 29 heavy (non-hydrogen) atoms. The minimum Gasteiger partial charge on any atom is -0.487 e. The fourth-order valence-electron chi connectivity index (χ4n) is 2.99. The van der Waals surface area contributed by atoms with E-state index in [4.69, 9.17) is 27.9 Å². The summed E-state index contributed by atoms with van der Waals surface area (Å²) in [6.07, 6.45) is 0.809. The van der Waals surface area contributed by atoms with Gasteiger partial charge in [-0.05, 0) is 56.2 Å². The normalized spacial score (nSPS) is 10.8. The number of aromatic nitrogens is 2. The number of carbonyl (C=O) groups excluding carboxylic acids is 1. The van der Waals surface area contributed by atoms with Crippen molar-refractivity contribution in [2.24, 2.45) is 0 Å². The molecular weight excluding hydrogens is 409 g/mol. The first-order chi connectivity index (χ1) is 13.9. The molecule has 0 fully saturated rings. The molecule has 0 bridgehead atoms. The Hall–Kier alpha value is -2.50. The molecule has 0 atom stereocenters. The number of amides is 1. The Labute approximate surface area is 180 Å². The fraction of sp³-hybridized carbons (Fsp3) is 0.273. The summed E-state index contributed by atoms with van der Waals surface area (Å²) >= 11 is 12.1. The fourth-order valence-corrected chi connectivity index (χ4v) is 3.34. The van der Waals surface area contributed by atoms with Gasteiger partial charge in [-0.3, -0.25) is 9.48 Å². The predicted octanol–water partition coefficient (Wildman–Crippen LogP) is 5.21. The van der Waals surface area contributed by atoms with Crippen molar-refractivity contribution < 1.29 is 9.53 Å². The quantitative estimate of drug-likeness (QED) is 0.498. The Balaban J connectivity index is 1.51. The van der Waals surface area contributed by atoms with E-state index < -0.39 is 0 Å². The van der Waals surface area contributed by atoms with Crippen LogP contribution in [0.4, 0.5) is 0 Å². The number of nitrogens with one attached hydrogen (secondary N) is 1. The number of aryl methyl sites for hydroxylation is 3. The number of hydrogen-bond acceptors (Lipinski definition) is 3. The summed E-state index contributed by atoms with van der Waals surface area (Å²) < 4.78 is 7.70. The van der Waals surface area contributed by atoms with Crippen LogP contribution in [-0.4, -0.2) is 22.2 Å². The summed E-state index contributed by atoms with van der Waals surface area (Å²) in [4.78, 5) is 12.4. The zero-order valence-electron chi connectivity index (χ0n) is 16.4. The molecule has 0 spiro atoms. The molecule has 1 amide bonds. The molecule has 0 aliphatic carbocycles. The van der Waals surface area contributed by atoms with E-state index >= 15 is 0 Å². The third-order valence-electron chi connectivity index (χ3n) is 4.44. The maximum atomic E-state index is 12.4. The molecular formula is C22H23Cl2N3O2. The lowest BCUT2D eigenvalue weighted by Crippen LogP contribution is -2.25. The van der Waals surface area contributed by atoms with Gasteiger partial charge < -0.3 is 10.1 Å². The zero-order chi connectivity index (χ0) is 20.8. The van der Waals surface area contributed by atoms with Crippen molar-refractivity contribution in [2.75, 3.05) is 6.54 Å². The summed E-state index contributed by atoms with van der Waals surface area (Å²) in [6, 6.07) is 14.6. The lowest BCUT2D eigenvalue weighted by atomic mass is 10.1. The molecule has 2 aromatic carbocycles. The smallest absolute Gasteiger partial charge is 0.251 e. The molecule has 3 rings (SSSR count). The number of nitrogens with zero attached hydrogens (tertiary/aromatic N) is 2. The highest BCUT2D eigenvalue weighted by atomic mass is 35.5. The molecule has 0 saturated carbocycles. The summed E-state index contributed by atoms with van der Waals surface area (Å²) in [5, 5.41) is 8.20. The molecule has 0 unspecified atom stereocenters. The summed E-state index contributed by atoms with van der Waals surface area (Å²) in [7, 11) is 0. The van der Waals surface area contributed by atoms with Crippen LogP contribution in [0.2, 0.25) is 10.0 Å². The van der Waals surface area contributed by atoms with Gasteiger partial charge >= 0.3 is 0 Å². The number of carbonyl (C=O) groups is 1. The standard InChI is InChI=1S/C22H23Cl2N3O2/c1-15-12-16(2)27(26-15)11-5-10-25-22(28)18-7-3-6-17(13-18)14-29-20-9-4-8-19(23)21(20)24/h3-4,6-9,12-13H,5,10-11,14H2,1-2H3,(H,25,28). The molecule has 7 heteroatoms. The van der Waals surface area contributed by atoms with Crippen molar-refractivity contribution in [3.8, 4) is 5.75 Å². The van der Waals surface area contributed by atoms with Crippen molar-refractivity contribution in [2.45, 2.75) is 33.4 Å². The Morgan fingerprint density at radius 3 is 2.69 bits per heavy atom. The molecule has 1 N–H and O–H groups in total. The van der Waals surface area contributed by atoms with Crippen LogP contribution in [0.1, 0.15) is 33.7 Å². The van der Waals surface area contributed by atoms with Crippen LogP contribution in [0.5, 0.6) is 5.75 Å². The maximum absolute atomic E-state index is 12.4. The van der Waals surface area contributed by atoms with Crippen molar-refractivity contribution >= 4 is 29.1 Å². The van der Waals surface area contributed by atoms with Crippen molar-refractivity contribution in [3.63, 3.8) is 0 Å². The van der Waals surface area contributed by atoms with Gasteiger partial charge in [-0.15, -0.1) is 0 Å². The SMILES string of the molecule is Cc1cc(C)n(CCCNC(=O)c2cccc(COc3cccc(Cl)c3Cl)c2)n1. The molecule has 1 aromatic heterocycles. The third kappa shape index (κ3) is 5.75. The number of ether oxygens (including phenoxy) is 1. The van der Waals surface area contributed by atoms with Gasteiger partial charge in [0.25, 0.3) is 5.91 Å². The van der Waals surface area contributed by atoms with Crippen LogP contribution in [0.25, 0.3) is 0 Å². The van der Waals surface area contributed by atoms with Gasteiger partial charge in [-0.1, -0.05) is 41.4 Å². The number of benzene rings is 2. The molecule has 0 aliphatic rings. The van der Waals surface area contributed by atoms with Gasteiger partial charge in [-0.2, -0.15) is 5.10 Å². The average Bonchev–Trinajstić information content (AvgIpc) is 3.03. The number of halogens is 2. The van der Waals surface area contributed by atoms with Gasteiger partial charge in [0, 0.05) is 24.3 Å². The average molecular weight is 432 g/mol. The predicted molar refractivity (Wildman–Crippen MR) is 116 cm³/mol. The van der Waals surface area contributed by atoms with E-state index in [1.807, 2.05) is 42.8 Å². The monoisotopic (exact) mass is 431 g/mol. The van der Waals surface area contributed by atoms with E-state index in [0.29, 0.717) is 34.5 Å². The zero-order valence-corrected chi connectivity index (χ0v) is 17.9. The van der Waals surface area contributed by atoms with Gasteiger partial charge in [0.05, 0.1) is 10.7 Å². The highest BCUT2D eigenvalue weighted by molar-refractivity contribution is 6.42. The topological polar surface area (TPSA) is 56.2 Å². The van der Waals surface area contributed by atoms with E-state index in [1.54, 1.807) is 24.3 Å². The molecule has 1 heterocycles. The molecule has 0 aliphatic heterocycles. The van der Waals surface area contributed by atoms with Crippen molar-refractivity contribution in [1.82, 2.24) is 15.1 Å². The largest absolute Gasteiger partial charge is 0.487 e. The molecule has 152 valence electrons. The molecule has 0 saturated heterocycles. The molecule has 0 radical (unpaired) electrons. The second kappa shape index (κ2) is 9.81. The number of hydrogen-bond donors (Lipinski definition) is 1. The van der Waals surface area contributed by atoms with E-state index in [-0.39, 0.29) is 5.91 Å². The minimum atomic E-state index is -0.110. The Bertz CT molecular complexity index is 1000. The van der Waals surface area contributed by atoms with E-state index in [9.17, 15) is 4.79 Å². The van der Waals surface area contributed by atoms with Crippen LogP contribution in [-0.2, 0) is 13.2 Å². The van der Waals surface area contributed by atoms with Crippen LogP contribution in [0.15, 0.2) is 48.5 Å². The first-order valence-corrected chi connectivity index (χ1v) is 10.1. The van der Waals surface area contributed by atoms with Crippen molar-refractivity contribution in [1.29, 1.82) is 0 Å². The molecule has 5 nitrogen and oxygen atoms in total. The van der Waals surface area contributed by atoms with Gasteiger partial charge in [0.1, 0.15) is 17.4 Å². The van der Waals surface area contributed by atoms with E-state index in [2.05, 4.69) is 10.4 Å². The summed E-state index contributed by atoms with van der Waals surface area (Å²) in [5.74, 6) is 0.402. The highest BCUT2D eigenvalue weighted by Gasteiger charge is 2.09. The highest BCUT2D eigenvalue weighted by Crippen LogP contribution is 2.31. The van der Waals surface area contributed by atoms with Gasteiger partial charge in [0.2, 0.25) is 0 Å². The minimum absolute atomic E-state index is 0.110. The maximum Gasteiger partial charge on any atom is 0.251 e. The molecule has 3 aromatic rings. The Morgan fingerprint density at radius 2 is 1.93 bits per heavy atom.